The van der Waals surface area contributed by atoms with E-state index in [1.165, 1.54) is 12.8 Å². The van der Waals surface area contributed by atoms with Crippen LogP contribution in [-0.4, -0.2) is 24.4 Å². The molecule has 2 fully saturated rings. The molecule has 2 amide bonds. The van der Waals surface area contributed by atoms with Gasteiger partial charge in [0.1, 0.15) is 12.2 Å². The van der Waals surface area contributed by atoms with Crippen molar-refractivity contribution in [1.29, 1.82) is 0 Å². The number of ether oxygens (including phenoxy) is 2. The molecule has 0 spiro atoms. The van der Waals surface area contributed by atoms with Crippen molar-refractivity contribution in [3.8, 4) is 0 Å². The number of rotatable bonds is 4. The molecule has 2 saturated carbocycles. The zero-order valence-electron chi connectivity index (χ0n) is 17.8. The zero-order valence-corrected chi connectivity index (χ0v) is 17.8. The molecule has 0 aromatic heterocycles. The lowest BCUT2D eigenvalue weighted by atomic mass is 9.88. The molecule has 6 nitrogen and oxygen atoms in total. The SMILES string of the molecule is Cc1ccc(NC(=O)O[C@@H]2CCCC[C@@H]2C)cc1NC(=O)O[C@@H]1CCCC[C@H]1C. The van der Waals surface area contributed by atoms with Gasteiger partial charge >= 0.3 is 12.2 Å². The van der Waals surface area contributed by atoms with Crippen LogP contribution in [-0.2, 0) is 9.47 Å². The second-order valence-electron chi connectivity index (χ2n) is 8.69. The van der Waals surface area contributed by atoms with E-state index in [1.54, 1.807) is 12.1 Å². The summed E-state index contributed by atoms with van der Waals surface area (Å²) in [6.07, 6.45) is 7.68. The highest BCUT2D eigenvalue weighted by Crippen LogP contribution is 2.28. The monoisotopic (exact) mass is 402 g/mol. The fraction of sp³-hybridized carbons (Fsp3) is 0.652. The van der Waals surface area contributed by atoms with Crippen molar-refractivity contribution < 1.29 is 19.1 Å². The van der Waals surface area contributed by atoms with E-state index in [9.17, 15) is 9.59 Å². The molecule has 0 saturated heterocycles. The summed E-state index contributed by atoms with van der Waals surface area (Å²) < 4.78 is 11.2. The Morgan fingerprint density at radius 3 is 1.90 bits per heavy atom. The molecule has 0 aliphatic heterocycles. The molecule has 29 heavy (non-hydrogen) atoms. The average molecular weight is 403 g/mol. The van der Waals surface area contributed by atoms with E-state index in [2.05, 4.69) is 24.5 Å². The second-order valence-corrected chi connectivity index (χ2v) is 8.69. The quantitative estimate of drug-likeness (QED) is 0.624. The fourth-order valence-electron chi connectivity index (χ4n) is 4.31. The van der Waals surface area contributed by atoms with Gasteiger partial charge in [0, 0.05) is 11.4 Å². The van der Waals surface area contributed by atoms with Crippen molar-refractivity contribution in [2.75, 3.05) is 10.6 Å². The van der Waals surface area contributed by atoms with Gasteiger partial charge in [-0.05, 0) is 75.0 Å². The summed E-state index contributed by atoms with van der Waals surface area (Å²) >= 11 is 0. The van der Waals surface area contributed by atoms with E-state index in [4.69, 9.17) is 9.47 Å². The average Bonchev–Trinajstić information content (AvgIpc) is 2.68. The van der Waals surface area contributed by atoms with Gasteiger partial charge in [-0.25, -0.2) is 9.59 Å². The summed E-state index contributed by atoms with van der Waals surface area (Å²) in [5.41, 5.74) is 2.12. The van der Waals surface area contributed by atoms with E-state index in [-0.39, 0.29) is 12.2 Å². The Labute approximate surface area is 173 Å². The van der Waals surface area contributed by atoms with Crippen molar-refractivity contribution in [3.63, 3.8) is 0 Å². The number of nitrogens with one attached hydrogen (secondary N) is 2. The zero-order chi connectivity index (χ0) is 20.8. The lowest BCUT2D eigenvalue weighted by Gasteiger charge is -2.28. The number of aryl methyl sites for hydroxylation is 1. The molecule has 4 atom stereocenters. The summed E-state index contributed by atoms with van der Waals surface area (Å²) in [6.45, 7) is 6.17. The maximum Gasteiger partial charge on any atom is 0.411 e. The van der Waals surface area contributed by atoms with Crippen molar-refractivity contribution in [2.45, 2.75) is 84.3 Å². The van der Waals surface area contributed by atoms with Gasteiger partial charge in [0.2, 0.25) is 0 Å². The first-order chi connectivity index (χ1) is 13.9. The van der Waals surface area contributed by atoms with Crippen LogP contribution < -0.4 is 10.6 Å². The van der Waals surface area contributed by atoms with Crippen LogP contribution >= 0.6 is 0 Å². The maximum atomic E-state index is 12.4. The molecule has 1 aromatic carbocycles. The minimum absolute atomic E-state index is 0.0285. The van der Waals surface area contributed by atoms with Gasteiger partial charge in [-0.15, -0.1) is 0 Å². The molecule has 0 heterocycles. The molecular formula is C23H34N2O4. The predicted octanol–water partition coefficient (Wildman–Crippen LogP) is 6.25. The lowest BCUT2D eigenvalue weighted by Crippen LogP contribution is -2.30. The summed E-state index contributed by atoms with van der Waals surface area (Å²) in [6, 6.07) is 5.41. The lowest BCUT2D eigenvalue weighted by molar-refractivity contribution is 0.0521. The van der Waals surface area contributed by atoms with Gasteiger partial charge < -0.3 is 9.47 Å². The molecule has 2 aliphatic rings. The maximum absolute atomic E-state index is 12.4. The van der Waals surface area contributed by atoms with Gasteiger partial charge in [-0.2, -0.15) is 0 Å². The van der Waals surface area contributed by atoms with Crippen LogP contribution in [0.25, 0.3) is 0 Å². The molecular weight excluding hydrogens is 368 g/mol. The summed E-state index contributed by atoms with van der Waals surface area (Å²) in [5.74, 6) is 0.780. The number of amides is 2. The molecule has 3 rings (SSSR count). The molecule has 1 aromatic rings. The van der Waals surface area contributed by atoms with Gasteiger partial charge in [-0.3, -0.25) is 10.6 Å². The highest BCUT2D eigenvalue weighted by Gasteiger charge is 2.26. The van der Waals surface area contributed by atoms with Crippen LogP contribution in [0.5, 0.6) is 0 Å². The van der Waals surface area contributed by atoms with Crippen LogP contribution in [0.4, 0.5) is 21.0 Å². The highest BCUT2D eigenvalue weighted by molar-refractivity contribution is 5.89. The number of hydrogen-bond acceptors (Lipinski definition) is 4. The minimum atomic E-state index is -0.447. The van der Waals surface area contributed by atoms with Gasteiger partial charge in [-0.1, -0.05) is 32.8 Å². The number of carbonyl (C=O) groups is 2. The third kappa shape index (κ3) is 6.12. The van der Waals surface area contributed by atoms with Crippen molar-refractivity contribution in [1.82, 2.24) is 0 Å². The Balaban J connectivity index is 1.56. The Morgan fingerprint density at radius 1 is 0.828 bits per heavy atom. The van der Waals surface area contributed by atoms with Crippen LogP contribution in [0.3, 0.4) is 0 Å². The highest BCUT2D eigenvalue weighted by atomic mass is 16.6. The van der Waals surface area contributed by atoms with Crippen molar-refractivity contribution >= 4 is 23.6 Å². The number of carbonyl (C=O) groups excluding carboxylic acids is 2. The first-order valence-electron chi connectivity index (χ1n) is 11.0. The summed E-state index contributed by atoms with van der Waals surface area (Å²) in [5, 5.41) is 5.61. The van der Waals surface area contributed by atoms with E-state index in [1.807, 2.05) is 13.0 Å². The smallest absolute Gasteiger partial charge is 0.411 e. The van der Waals surface area contributed by atoms with E-state index in [0.717, 1.165) is 44.1 Å². The second kappa shape index (κ2) is 9.99. The number of benzene rings is 1. The summed E-state index contributed by atoms with van der Waals surface area (Å²) in [7, 11) is 0. The van der Waals surface area contributed by atoms with Gasteiger partial charge in [0.05, 0.1) is 0 Å². The fourth-order valence-corrected chi connectivity index (χ4v) is 4.31. The van der Waals surface area contributed by atoms with Crippen LogP contribution in [0.1, 0.15) is 70.8 Å². The molecule has 2 aliphatic carbocycles. The first kappa shape index (κ1) is 21.5. The summed E-state index contributed by atoms with van der Waals surface area (Å²) in [4.78, 5) is 24.7. The third-order valence-electron chi connectivity index (χ3n) is 6.30. The van der Waals surface area contributed by atoms with E-state index < -0.39 is 12.2 Å². The van der Waals surface area contributed by atoms with Crippen molar-refractivity contribution in [2.24, 2.45) is 11.8 Å². The Hall–Kier alpha value is -2.24. The van der Waals surface area contributed by atoms with Crippen LogP contribution in [0.15, 0.2) is 18.2 Å². The molecule has 2 N–H and O–H groups in total. The minimum Gasteiger partial charge on any atom is -0.446 e. The Kier molecular flexibility index (Phi) is 7.40. The largest absolute Gasteiger partial charge is 0.446 e. The van der Waals surface area contributed by atoms with E-state index >= 15 is 0 Å². The molecule has 6 heteroatoms. The predicted molar refractivity (Wildman–Crippen MR) is 114 cm³/mol. The Morgan fingerprint density at radius 2 is 1.34 bits per heavy atom. The van der Waals surface area contributed by atoms with Crippen LogP contribution in [0.2, 0.25) is 0 Å². The van der Waals surface area contributed by atoms with Gasteiger partial charge in [0.15, 0.2) is 0 Å². The van der Waals surface area contributed by atoms with E-state index in [0.29, 0.717) is 23.2 Å². The molecule has 0 radical (unpaired) electrons. The Bertz CT molecular complexity index is 721. The standard InChI is InChI=1S/C23H34N2O4/c1-15-12-13-18(24-22(26)28-20-10-6-4-8-16(20)2)14-19(15)25-23(27)29-21-11-7-5-9-17(21)3/h12-14,16-17,20-21H,4-11H2,1-3H3,(H,24,26)(H,25,27)/t16-,17+,20+,21+/m0/s1. The number of hydrogen-bond donors (Lipinski definition) is 2. The topological polar surface area (TPSA) is 76.7 Å². The van der Waals surface area contributed by atoms with Gasteiger partial charge in [0.25, 0.3) is 0 Å². The van der Waals surface area contributed by atoms with Crippen LogP contribution in [0, 0.1) is 18.8 Å². The third-order valence-corrected chi connectivity index (χ3v) is 6.30. The molecule has 160 valence electrons. The first-order valence-corrected chi connectivity index (χ1v) is 11.0. The normalized spacial score (nSPS) is 27.0. The number of anilines is 2. The molecule has 0 bridgehead atoms. The molecule has 0 unspecified atom stereocenters. The van der Waals surface area contributed by atoms with Crippen molar-refractivity contribution in [3.05, 3.63) is 23.8 Å².